The fourth-order valence-electron chi connectivity index (χ4n) is 3.51. The van der Waals surface area contributed by atoms with E-state index >= 15 is 0 Å². The van der Waals surface area contributed by atoms with E-state index in [0.717, 1.165) is 38.5 Å². The topological polar surface area (TPSA) is 46.2 Å². The van der Waals surface area contributed by atoms with Crippen LogP contribution in [0.2, 0.25) is 0 Å². The molecule has 1 amide bonds. The summed E-state index contributed by atoms with van der Waals surface area (Å²) >= 11 is 0. The molecule has 2 rings (SSSR count). The van der Waals surface area contributed by atoms with Crippen molar-refractivity contribution in [3.05, 3.63) is 0 Å². The molecule has 3 heteroatoms. The molecule has 0 spiro atoms. The van der Waals surface area contributed by atoms with Gasteiger partial charge in [-0.05, 0) is 38.5 Å². The second-order valence-electron chi connectivity index (χ2n) is 5.92. The van der Waals surface area contributed by atoms with Crippen LogP contribution in [0.3, 0.4) is 0 Å². The second-order valence-corrected chi connectivity index (χ2v) is 5.92. The van der Waals surface area contributed by atoms with Gasteiger partial charge >= 0.3 is 0 Å². The van der Waals surface area contributed by atoms with Gasteiger partial charge in [-0.2, -0.15) is 0 Å². The molecule has 2 aliphatic carbocycles. The Morgan fingerprint density at radius 1 is 1.22 bits per heavy atom. The van der Waals surface area contributed by atoms with Gasteiger partial charge in [-0.3, -0.25) is 9.59 Å². The second kappa shape index (κ2) is 5.85. The van der Waals surface area contributed by atoms with Gasteiger partial charge in [0, 0.05) is 23.8 Å². The first-order valence-corrected chi connectivity index (χ1v) is 7.49. The van der Waals surface area contributed by atoms with Gasteiger partial charge in [0.1, 0.15) is 5.78 Å². The zero-order valence-corrected chi connectivity index (χ0v) is 11.6. The molecule has 2 fully saturated rings. The number of Topliss-reactive ketones (excluding diaryl/α,β-unsaturated/α-hetero) is 1. The van der Waals surface area contributed by atoms with Crippen molar-refractivity contribution in [1.82, 2.24) is 5.32 Å². The quantitative estimate of drug-likeness (QED) is 0.835. The summed E-state index contributed by atoms with van der Waals surface area (Å²) in [6, 6.07) is 0.301. The molecule has 0 saturated heterocycles. The van der Waals surface area contributed by atoms with Gasteiger partial charge in [-0.1, -0.05) is 20.3 Å². The first-order valence-electron chi connectivity index (χ1n) is 7.49. The Hall–Kier alpha value is -0.860. The lowest BCUT2D eigenvalue weighted by Gasteiger charge is -2.37. The van der Waals surface area contributed by atoms with Gasteiger partial charge in [-0.15, -0.1) is 0 Å². The largest absolute Gasteiger partial charge is 0.353 e. The third kappa shape index (κ3) is 2.76. The summed E-state index contributed by atoms with van der Waals surface area (Å²) in [5.74, 6) is 1.06. The molecule has 1 N–H and O–H groups in total. The van der Waals surface area contributed by atoms with Crippen molar-refractivity contribution in [2.75, 3.05) is 0 Å². The summed E-state index contributed by atoms with van der Waals surface area (Å²) in [5.41, 5.74) is 0. The third-order valence-corrected chi connectivity index (χ3v) is 4.75. The molecule has 102 valence electrons. The molecule has 0 aromatic carbocycles. The molecule has 3 nitrogen and oxygen atoms in total. The Labute approximate surface area is 110 Å². The Kier molecular flexibility index (Phi) is 4.41. The van der Waals surface area contributed by atoms with Gasteiger partial charge in [0.25, 0.3) is 0 Å². The lowest BCUT2D eigenvalue weighted by atomic mass is 9.67. The maximum atomic E-state index is 12.2. The summed E-state index contributed by atoms with van der Waals surface area (Å²) in [6.45, 7) is 4.21. The smallest absolute Gasteiger partial charge is 0.223 e. The summed E-state index contributed by atoms with van der Waals surface area (Å²) < 4.78 is 0. The predicted octanol–water partition coefficient (Wildman–Crippen LogP) is 2.69. The standard InChI is InChI=1S/C15H25NO2/c1-3-13(4-2)16-15(18)12-8-10-6-5-7-11(9-12)14(10)17/h10-13H,3-9H2,1-2H3,(H,16,18). The molecule has 0 heterocycles. The molecule has 2 bridgehead atoms. The van der Waals surface area contributed by atoms with E-state index in [4.69, 9.17) is 0 Å². The van der Waals surface area contributed by atoms with Crippen LogP contribution in [0.15, 0.2) is 0 Å². The van der Waals surface area contributed by atoms with Crippen LogP contribution in [-0.2, 0) is 9.59 Å². The maximum absolute atomic E-state index is 12.2. The minimum Gasteiger partial charge on any atom is -0.353 e. The van der Waals surface area contributed by atoms with Gasteiger partial charge in [0.2, 0.25) is 5.91 Å². The minimum absolute atomic E-state index is 0.0820. The van der Waals surface area contributed by atoms with Crippen LogP contribution in [-0.4, -0.2) is 17.7 Å². The summed E-state index contributed by atoms with van der Waals surface area (Å²) in [7, 11) is 0. The molecule has 2 atom stereocenters. The summed E-state index contributed by atoms with van der Waals surface area (Å²) in [6.07, 6.45) is 6.74. The number of hydrogen-bond acceptors (Lipinski definition) is 2. The normalized spacial score (nSPS) is 31.5. The minimum atomic E-state index is 0.0820. The number of carbonyl (C=O) groups is 2. The van der Waals surface area contributed by atoms with Gasteiger partial charge in [0.15, 0.2) is 0 Å². The highest BCUT2D eigenvalue weighted by Crippen LogP contribution is 2.40. The van der Waals surface area contributed by atoms with Gasteiger partial charge in [-0.25, -0.2) is 0 Å². The molecule has 0 aromatic heterocycles. The molecule has 0 aromatic rings. The zero-order valence-electron chi connectivity index (χ0n) is 11.6. The van der Waals surface area contributed by atoms with Crippen LogP contribution in [0.4, 0.5) is 0 Å². The number of rotatable bonds is 4. The Bertz CT molecular complexity index is 306. The zero-order chi connectivity index (χ0) is 13.1. The van der Waals surface area contributed by atoms with E-state index in [2.05, 4.69) is 19.2 Å². The Morgan fingerprint density at radius 2 is 1.78 bits per heavy atom. The first-order chi connectivity index (χ1) is 8.65. The number of carbonyl (C=O) groups excluding carboxylic acids is 2. The lowest BCUT2D eigenvalue weighted by Crippen LogP contribution is -2.45. The number of nitrogens with one attached hydrogen (secondary N) is 1. The van der Waals surface area contributed by atoms with Crippen LogP contribution in [0.25, 0.3) is 0 Å². The van der Waals surface area contributed by atoms with Crippen LogP contribution >= 0.6 is 0 Å². The fraction of sp³-hybridized carbons (Fsp3) is 0.867. The fourth-order valence-corrected chi connectivity index (χ4v) is 3.51. The third-order valence-electron chi connectivity index (χ3n) is 4.75. The molecular formula is C15H25NO2. The highest BCUT2D eigenvalue weighted by Gasteiger charge is 2.41. The van der Waals surface area contributed by atoms with Crippen LogP contribution < -0.4 is 5.32 Å². The highest BCUT2D eigenvalue weighted by atomic mass is 16.2. The summed E-state index contributed by atoms with van der Waals surface area (Å²) in [5, 5.41) is 3.14. The average Bonchev–Trinajstić information content (AvgIpc) is 2.35. The van der Waals surface area contributed by atoms with Crippen molar-refractivity contribution >= 4 is 11.7 Å². The molecule has 2 unspecified atom stereocenters. The molecule has 2 saturated carbocycles. The average molecular weight is 251 g/mol. The van der Waals surface area contributed by atoms with E-state index in [9.17, 15) is 9.59 Å². The van der Waals surface area contributed by atoms with E-state index in [1.54, 1.807) is 0 Å². The van der Waals surface area contributed by atoms with Crippen LogP contribution in [0, 0.1) is 17.8 Å². The van der Waals surface area contributed by atoms with Gasteiger partial charge in [0.05, 0.1) is 0 Å². The predicted molar refractivity (Wildman–Crippen MR) is 71.1 cm³/mol. The number of fused-ring (bicyclic) bond motifs is 2. The van der Waals surface area contributed by atoms with E-state index in [1.807, 2.05) is 0 Å². The number of amides is 1. The molecule has 0 aliphatic heterocycles. The van der Waals surface area contributed by atoms with Crippen molar-refractivity contribution in [3.63, 3.8) is 0 Å². The number of ketones is 1. The van der Waals surface area contributed by atoms with Crippen molar-refractivity contribution in [1.29, 1.82) is 0 Å². The lowest BCUT2D eigenvalue weighted by molar-refractivity contribution is -0.137. The van der Waals surface area contributed by atoms with E-state index < -0.39 is 0 Å². The molecule has 0 radical (unpaired) electrons. The SMILES string of the molecule is CCC(CC)NC(=O)C1CC2CCCC(C1)C2=O. The molecule has 18 heavy (non-hydrogen) atoms. The Morgan fingerprint density at radius 3 is 2.28 bits per heavy atom. The van der Waals surface area contributed by atoms with Crippen molar-refractivity contribution in [2.24, 2.45) is 17.8 Å². The first kappa shape index (κ1) is 13.6. The molecule has 2 aliphatic rings. The molecular weight excluding hydrogens is 226 g/mol. The summed E-state index contributed by atoms with van der Waals surface area (Å²) in [4.78, 5) is 24.2. The maximum Gasteiger partial charge on any atom is 0.223 e. The van der Waals surface area contributed by atoms with E-state index in [1.165, 1.54) is 6.42 Å². The van der Waals surface area contributed by atoms with Crippen molar-refractivity contribution < 1.29 is 9.59 Å². The van der Waals surface area contributed by atoms with Crippen molar-refractivity contribution in [3.8, 4) is 0 Å². The van der Waals surface area contributed by atoms with Gasteiger partial charge < -0.3 is 5.32 Å². The van der Waals surface area contributed by atoms with E-state index in [0.29, 0.717) is 11.8 Å². The van der Waals surface area contributed by atoms with E-state index in [-0.39, 0.29) is 23.7 Å². The van der Waals surface area contributed by atoms with Crippen LogP contribution in [0.5, 0.6) is 0 Å². The van der Waals surface area contributed by atoms with Crippen LogP contribution in [0.1, 0.15) is 58.8 Å². The van der Waals surface area contributed by atoms with Crippen molar-refractivity contribution in [2.45, 2.75) is 64.8 Å². The monoisotopic (exact) mass is 251 g/mol. The highest BCUT2D eigenvalue weighted by molar-refractivity contribution is 5.88. The Balaban J connectivity index is 1.94. The number of hydrogen-bond donors (Lipinski definition) is 1.